The van der Waals surface area contributed by atoms with Gasteiger partial charge in [0, 0.05) is 21.4 Å². The SMILES string of the molecule is Clc1ccc2c(-c3ccccc3)c3ccc(-c4cccc5c4oc4ccccc45)cc3c(-c3ccccc3)c2c1. The summed E-state index contributed by atoms with van der Waals surface area (Å²) in [5, 5.41) is 7.72. The second-order valence-electron chi connectivity index (χ2n) is 10.2. The average molecular weight is 531 g/mol. The zero-order valence-electron chi connectivity index (χ0n) is 21.6. The number of furan rings is 1. The summed E-state index contributed by atoms with van der Waals surface area (Å²) in [5.74, 6) is 0. The maximum Gasteiger partial charge on any atom is 0.143 e. The molecule has 1 aromatic heterocycles. The maximum absolute atomic E-state index is 6.65. The summed E-state index contributed by atoms with van der Waals surface area (Å²) in [6.07, 6.45) is 0. The molecular formula is C38H23ClO. The van der Waals surface area contributed by atoms with Gasteiger partial charge in [-0.05, 0) is 73.6 Å². The number of fused-ring (bicyclic) bond motifs is 5. The smallest absolute Gasteiger partial charge is 0.143 e. The van der Waals surface area contributed by atoms with E-state index in [2.05, 4.69) is 121 Å². The predicted octanol–water partition coefficient (Wildman–Crippen LogP) is 11.5. The van der Waals surface area contributed by atoms with Gasteiger partial charge in [0.25, 0.3) is 0 Å². The van der Waals surface area contributed by atoms with Gasteiger partial charge in [-0.1, -0.05) is 127 Å². The van der Waals surface area contributed by atoms with E-state index in [1.807, 2.05) is 18.2 Å². The van der Waals surface area contributed by atoms with E-state index >= 15 is 0 Å². The van der Waals surface area contributed by atoms with Gasteiger partial charge >= 0.3 is 0 Å². The van der Waals surface area contributed by atoms with Crippen LogP contribution in [0.1, 0.15) is 0 Å². The van der Waals surface area contributed by atoms with Crippen LogP contribution in [0.5, 0.6) is 0 Å². The lowest BCUT2D eigenvalue weighted by Crippen LogP contribution is -1.92. The first-order valence-electron chi connectivity index (χ1n) is 13.5. The van der Waals surface area contributed by atoms with E-state index < -0.39 is 0 Å². The first-order chi connectivity index (χ1) is 19.8. The van der Waals surface area contributed by atoms with Crippen LogP contribution >= 0.6 is 11.6 Å². The van der Waals surface area contributed by atoms with Crippen molar-refractivity contribution in [1.82, 2.24) is 0 Å². The van der Waals surface area contributed by atoms with E-state index in [0.717, 1.165) is 43.5 Å². The Kier molecular flexibility index (Phi) is 5.26. The molecule has 0 spiro atoms. The van der Waals surface area contributed by atoms with Gasteiger partial charge in [0.15, 0.2) is 0 Å². The second-order valence-corrected chi connectivity index (χ2v) is 10.6. The molecule has 0 aliphatic carbocycles. The normalized spacial score (nSPS) is 11.6. The lowest BCUT2D eigenvalue weighted by Gasteiger charge is -2.19. The van der Waals surface area contributed by atoms with Crippen LogP contribution in [0.15, 0.2) is 144 Å². The van der Waals surface area contributed by atoms with Gasteiger partial charge < -0.3 is 4.42 Å². The van der Waals surface area contributed by atoms with Gasteiger partial charge in [-0.2, -0.15) is 0 Å². The van der Waals surface area contributed by atoms with Crippen LogP contribution in [-0.4, -0.2) is 0 Å². The average Bonchev–Trinajstić information content (AvgIpc) is 3.39. The fourth-order valence-corrected chi connectivity index (χ4v) is 6.35. The number of rotatable bonds is 3. The van der Waals surface area contributed by atoms with Crippen molar-refractivity contribution in [3.05, 3.63) is 145 Å². The largest absolute Gasteiger partial charge is 0.455 e. The highest BCUT2D eigenvalue weighted by Gasteiger charge is 2.19. The Balaban J connectivity index is 1.52. The van der Waals surface area contributed by atoms with Gasteiger partial charge in [0.05, 0.1) is 0 Å². The molecule has 7 aromatic carbocycles. The number of hydrogen-bond donors (Lipinski definition) is 0. The highest BCUT2D eigenvalue weighted by Crippen LogP contribution is 2.46. The van der Waals surface area contributed by atoms with E-state index in [1.165, 1.54) is 38.4 Å². The topological polar surface area (TPSA) is 13.1 Å². The van der Waals surface area contributed by atoms with Gasteiger partial charge in [0.2, 0.25) is 0 Å². The van der Waals surface area contributed by atoms with Crippen molar-refractivity contribution in [1.29, 1.82) is 0 Å². The first kappa shape index (κ1) is 23.1. The van der Waals surface area contributed by atoms with E-state index in [1.54, 1.807) is 0 Å². The molecule has 8 rings (SSSR count). The molecule has 0 aliphatic rings. The first-order valence-corrected chi connectivity index (χ1v) is 13.8. The van der Waals surface area contributed by atoms with Crippen LogP contribution in [0, 0.1) is 0 Å². The van der Waals surface area contributed by atoms with Crippen LogP contribution in [-0.2, 0) is 0 Å². The molecule has 2 heteroatoms. The summed E-state index contributed by atoms with van der Waals surface area (Å²) in [6.45, 7) is 0. The minimum atomic E-state index is 0.728. The molecule has 0 aliphatic heterocycles. The van der Waals surface area contributed by atoms with Crippen molar-refractivity contribution in [2.24, 2.45) is 0 Å². The third-order valence-electron chi connectivity index (χ3n) is 7.92. The standard InChI is InChI=1S/C38H23ClO/c39-27-19-21-31-34(23-27)37(25-12-5-2-6-13-25)33-22-26(18-20-30(33)36(31)24-10-3-1-4-11-24)28-15-9-16-32-29-14-7-8-17-35(29)40-38(28)32/h1-23H. The molecule has 0 saturated carbocycles. The Morgan fingerprint density at radius 2 is 1.00 bits per heavy atom. The molecule has 1 nitrogen and oxygen atoms in total. The summed E-state index contributed by atoms with van der Waals surface area (Å²) in [6, 6.07) is 49.0. The van der Waals surface area contributed by atoms with Crippen molar-refractivity contribution in [3.63, 3.8) is 0 Å². The number of benzene rings is 7. The molecule has 1 heterocycles. The summed E-state index contributed by atoms with van der Waals surface area (Å²) < 4.78 is 6.43. The zero-order valence-corrected chi connectivity index (χ0v) is 22.3. The maximum atomic E-state index is 6.65. The molecular weight excluding hydrogens is 508 g/mol. The predicted molar refractivity (Wildman–Crippen MR) is 170 cm³/mol. The van der Waals surface area contributed by atoms with Crippen LogP contribution in [0.2, 0.25) is 5.02 Å². The third-order valence-corrected chi connectivity index (χ3v) is 8.15. The monoisotopic (exact) mass is 530 g/mol. The Bertz CT molecular complexity index is 2210. The molecule has 40 heavy (non-hydrogen) atoms. The Morgan fingerprint density at radius 1 is 0.400 bits per heavy atom. The highest BCUT2D eigenvalue weighted by atomic mass is 35.5. The molecule has 0 amide bonds. The van der Waals surface area contributed by atoms with E-state index in [0.29, 0.717) is 0 Å². The van der Waals surface area contributed by atoms with Crippen molar-refractivity contribution in [2.45, 2.75) is 0 Å². The number of hydrogen-bond acceptors (Lipinski definition) is 1. The highest BCUT2D eigenvalue weighted by molar-refractivity contribution is 6.32. The molecule has 0 N–H and O–H groups in total. The van der Waals surface area contributed by atoms with Crippen LogP contribution < -0.4 is 0 Å². The lowest BCUT2D eigenvalue weighted by atomic mass is 9.85. The third kappa shape index (κ3) is 3.56. The Labute approximate surface area is 236 Å². The van der Waals surface area contributed by atoms with Crippen molar-refractivity contribution in [3.8, 4) is 33.4 Å². The summed E-state index contributed by atoms with van der Waals surface area (Å²) in [7, 11) is 0. The molecule has 0 unspecified atom stereocenters. The summed E-state index contributed by atoms with van der Waals surface area (Å²) in [4.78, 5) is 0. The van der Waals surface area contributed by atoms with Crippen molar-refractivity contribution >= 4 is 55.1 Å². The van der Waals surface area contributed by atoms with Crippen LogP contribution in [0.4, 0.5) is 0 Å². The van der Waals surface area contributed by atoms with E-state index in [4.69, 9.17) is 16.0 Å². The fourth-order valence-electron chi connectivity index (χ4n) is 6.17. The molecule has 0 atom stereocenters. The van der Waals surface area contributed by atoms with E-state index in [9.17, 15) is 0 Å². The number of para-hydroxylation sites is 2. The second kappa shape index (κ2) is 9.12. The summed E-state index contributed by atoms with van der Waals surface area (Å²) >= 11 is 6.65. The Morgan fingerprint density at radius 3 is 1.75 bits per heavy atom. The zero-order chi connectivity index (χ0) is 26.6. The molecule has 188 valence electrons. The van der Waals surface area contributed by atoms with Crippen LogP contribution in [0.3, 0.4) is 0 Å². The molecule has 0 saturated heterocycles. The molecule has 0 radical (unpaired) electrons. The fraction of sp³-hybridized carbons (Fsp3) is 0. The van der Waals surface area contributed by atoms with Gasteiger partial charge in [-0.3, -0.25) is 0 Å². The molecule has 0 fully saturated rings. The quantitative estimate of drug-likeness (QED) is 0.207. The van der Waals surface area contributed by atoms with Gasteiger partial charge in [0.1, 0.15) is 11.2 Å². The van der Waals surface area contributed by atoms with E-state index in [-0.39, 0.29) is 0 Å². The van der Waals surface area contributed by atoms with Gasteiger partial charge in [-0.25, -0.2) is 0 Å². The van der Waals surface area contributed by atoms with Crippen molar-refractivity contribution in [2.75, 3.05) is 0 Å². The molecule has 0 bridgehead atoms. The van der Waals surface area contributed by atoms with Crippen molar-refractivity contribution < 1.29 is 4.42 Å². The Hall–Kier alpha value is -4.85. The minimum Gasteiger partial charge on any atom is -0.455 e. The minimum absolute atomic E-state index is 0.728. The number of halogens is 1. The van der Waals surface area contributed by atoms with Crippen LogP contribution in [0.25, 0.3) is 76.9 Å². The van der Waals surface area contributed by atoms with Gasteiger partial charge in [-0.15, -0.1) is 0 Å². The lowest BCUT2D eigenvalue weighted by molar-refractivity contribution is 0.670. The molecule has 8 aromatic rings. The summed E-state index contributed by atoms with van der Waals surface area (Å²) in [5.41, 5.74) is 8.78.